The van der Waals surface area contributed by atoms with Crippen molar-refractivity contribution >= 4 is 94.2 Å². The van der Waals surface area contributed by atoms with Crippen molar-refractivity contribution in [3.8, 4) is 0 Å². The number of nitrogens with zero attached hydrogens (tertiary/aromatic N) is 4. The van der Waals surface area contributed by atoms with Crippen LogP contribution < -0.4 is 21.3 Å². The molecule has 0 unspecified atom stereocenters. The molecule has 4 N–H and O–H groups in total. The fourth-order valence-corrected chi connectivity index (χ4v) is 4.56. The van der Waals surface area contributed by atoms with Gasteiger partial charge in [0, 0.05) is 22.7 Å². The number of anilines is 4. The lowest BCUT2D eigenvalue weighted by molar-refractivity contribution is -0.0420. The molecule has 20 nitrogen and oxygen atoms in total. The van der Waals surface area contributed by atoms with Crippen molar-refractivity contribution in [2.24, 2.45) is 25.4 Å². The highest BCUT2D eigenvalue weighted by atomic mass is 16.6. The summed E-state index contributed by atoms with van der Waals surface area (Å²) in [5, 5.41) is 9.73. The van der Waals surface area contributed by atoms with Crippen molar-refractivity contribution < 1.29 is 57.3 Å². The van der Waals surface area contributed by atoms with E-state index >= 15 is 0 Å². The zero-order valence-electron chi connectivity index (χ0n) is 29.3. The maximum atomic E-state index is 13.0. The second kappa shape index (κ2) is 21.2. The van der Waals surface area contributed by atoms with Crippen molar-refractivity contribution in [3.63, 3.8) is 0 Å². The third kappa shape index (κ3) is 14.1. The molecule has 4 amide bonds. The van der Waals surface area contributed by atoms with Gasteiger partial charge in [-0.2, -0.15) is 20.0 Å². The van der Waals surface area contributed by atoms with Crippen molar-refractivity contribution in [2.75, 3.05) is 47.7 Å². The predicted molar refractivity (Wildman–Crippen MR) is 199 cm³/mol. The second-order valence-corrected chi connectivity index (χ2v) is 11.3. The molecule has 0 radical (unpaired) electrons. The van der Waals surface area contributed by atoms with E-state index in [1.165, 1.54) is 121 Å². The number of nitrogens with one attached hydrogen (secondary N) is 4. The fourth-order valence-electron chi connectivity index (χ4n) is 4.56. The third-order valence-corrected chi connectivity index (χ3v) is 7.11. The van der Waals surface area contributed by atoms with E-state index < -0.39 is 56.2 Å². The first-order valence-electron chi connectivity index (χ1n) is 16.1. The molecule has 4 rings (SSSR count). The minimum absolute atomic E-state index is 0.160. The van der Waals surface area contributed by atoms with Gasteiger partial charge in [-0.15, -0.1) is 0 Å². The molecule has 4 aromatic rings. The number of isocyanates is 4. The van der Waals surface area contributed by atoms with E-state index in [1.54, 1.807) is 0 Å². The lowest BCUT2D eigenvalue weighted by atomic mass is 9.92. The normalized spacial score (nSPS) is 10.8. The van der Waals surface area contributed by atoms with Crippen molar-refractivity contribution in [1.82, 2.24) is 0 Å². The van der Waals surface area contributed by atoms with Crippen LogP contribution in [-0.2, 0) is 38.1 Å². The number of carbonyl (C=O) groups excluding carboxylic acids is 8. The summed E-state index contributed by atoms with van der Waals surface area (Å²) in [4.78, 5) is 109. The highest BCUT2D eigenvalue weighted by Crippen LogP contribution is 2.25. The number of aliphatic imine (C=N–C) groups is 4. The zero-order valence-corrected chi connectivity index (χ0v) is 29.3. The van der Waals surface area contributed by atoms with Gasteiger partial charge in [-0.1, -0.05) is 24.3 Å². The van der Waals surface area contributed by atoms with Gasteiger partial charge in [0.1, 0.15) is 31.8 Å². The van der Waals surface area contributed by atoms with Crippen LogP contribution in [0.4, 0.5) is 64.7 Å². The van der Waals surface area contributed by atoms with E-state index in [9.17, 15) is 38.4 Å². The Morgan fingerprint density at radius 2 is 0.649 bits per heavy atom. The Morgan fingerprint density at radius 1 is 0.421 bits per heavy atom. The van der Waals surface area contributed by atoms with Gasteiger partial charge >= 0.3 is 24.4 Å². The molecular formula is C37H28N8O12. The summed E-state index contributed by atoms with van der Waals surface area (Å²) in [6.45, 7) is -2.91. The van der Waals surface area contributed by atoms with Crippen LogP contribution in [0.5, 0.6) is 0 Å². The van der Waals surface area contributed by atoms with E-state index in [4.69, 9.17) is 18.9 Å². The van der Waals surface area contributed by atoms with Gasteiger partial charge in [0.05, 0.1) is 22.7 Å². The molecule has 0 atom stereocenters. The van der Waals surface area contributed by atoms with Gasteiger partial charge in [0.15, 0.2) is 0 Å². The van der Waals surface area contributed by atoms with Crippen LogP contribution in [0.2, 0.25) is 0 Å². The Morgan fingerprint density at radius 3 is 0.860 bits per heavy atom. The Labute approximate surface area is 321 Å². The molecule has 57 heavy (non-hydrogen) atoms. The summed E-state index contributed by atoms with van der Waals surface area (Å²) in [5.74, 6) is 0. The average molecular weight is 777 g/mol. The lowest BCUT2D eigenvalue weighted by Gasteiger charge is -2.31. The monoisotopic (exact) mass is 776 g/mol. The predicted octanol–water partition coefficient (Wildman–Crippen LogP) is 6.84. The summed E-state index contributed by atoms with van der Waals surface area (Å²) >= 11 is 0. The molecule has 0 saturated carbocycles. The first-order chi connectivity index (χ1) is 27.6. The van der Waals surface area contributed by atoms with E-state index in [-0.39, 0.29) is 45.5 Å². The summed E-state index contributed by atoms with van der Waals surface area (Å²) in [6, 6.07) is 23.1. The summed E-state index contributed by atoms with van der Waals surface area (Å²) in [7, 11) is 0. The number of rotatable bonds is 16. The smallest absolute Gasteiger partial charge is 0.411 e. The standard InChI is InChI=1S/C37H28N8O12/c46-21-38-25-5-1-9-29(13-25)42-33(50)54-17-37(18-55-34(51)43-30-10-2-6-26(14-30)39-22-47,19-56-35(52)44-31-11-3-7-27(15-31)40-23-48)20-57-36(53)45-32-12-4-8-28(16-32)41-24-49/h1-16H,17-20H2,(H,42,50)(H,43,51)(H,44,52)(H,45,53). The van der Waals surface area contributed by atoms with Gasteiger partial charge in [-0.3, -0.25) is 21.3 Å². The van der Waals surface area contributed by atoms with Gasteiger partial charge in [-0.25, -0.2) is 38.4 Å². The van der Waals surface area contributed by atoms with Gasteiger partial charge in [-0.05, 0) is 72.8 Å². The van der Waals surface area contributed by atoms with Crippen molar-refractivity contribution in [1.29, 1.82) is 0 Å². The van der Waals surface area contributed by atoms with E-state index in [1.807, 2.05) is 0 Å². The van der Waals surface area contributed by atoms with Crippen molar-refractivity contribution in [3.05, 3.63) is 97.1 Å². The summed E-state index contributed by atoms with van der Waals surface area (Å²) < 4.78 is 21.8. The molecule has 0 aliphatic rings. The van der Waals surface area contributed by atoms with Crippen LogP contribution in [0, 0.1) is 5.41 Å². The number of ether oxygens (including phenoxy) is 4. The number of hydrogen-bond donors (Lipinski definition) is 4. The summed E-state index contributed by atoms with van der Waals surface area (Å²) in [5.41, 5.74) is -0.502. The van der Waals surface area contributed by atoms with Crippen LogP contribution in [0.25, 0.3) is 0 Å². The zero-order chi connectivity index (χ0) is 40.9. The van der Waals surface area contributed by atoms with Crippen LogP contribution in [-0.4, -0.2) is 75.1 Å². The molecule has 0 aliphatic carbocycles. The second-order valence-electron chi connectivity index (χ2n) is 11.3. The Bertz CT molecular complexity index is 1990. The number of hydrogen-bond acceptors (Lipinski definition) is 16. The average Bonchev–Trinajstić information content (AvgIpc) is 3.18. The van der Waals surface area contributed by atoms with Crippen LogP contribution in [0.1, 0.15) is 0 Å². The topological polar surface area (TPSA) is 271 Å². The quantitative estimate of drug-likeness (QED) is 0.0517. The molecule has 4 aromatic carbocycles. The lowest BCUT2D eigenvalue weighted by Crippen LogP contribution is -2.45. The molecule has 0 spiro atoms. The molecule has 0 fully saturated rings. The molecule has 0 heterocycles. The number of benzene rings is 4. The maximum Gasteiger partial charge on any atom is 0.411 e. The molecule has 288 valence electrons. The Kier molecular flexibility index (Phi) is 15.4. The SMILES string of the molecule is O=C=Nc1cccc(NC(=O)OCC(COC(=O)Nc2cccc(N=C=O)c2)(COC(=O)Nc2cccc(N=C=O)c2)COC(=O)Nc2cccc(N=C=O)c2)c1. The number of amides is 4. The first kappa shape index (κ1) is 41.2. The largest absolute Gasteiger partial charge is 0.448 e. The fraction of sp³-hybridized carbons (Fsp3) is 0.135. The molecule has 0 bridgehead atoms. The minimum atomic E-state index is -1.83. The van der Waals surface area contributed by atoms with E-state index in [0.29, 0.717) is 0 Å². The molecule has 0 aliphatic heterocycles. The minimum Gasteiger partial charge on any atom is -0.448 e. The molecular weight excluding hydrogens is 748 g/mol. The van der Waals surface area contributed by atoms with Gasteiger partial charge < -0.3 is 18.9 Å². The van der Waals surface area contributed by atoms with Crippen LogP contribution in [0.3, 0.4) is 0 Å². The van der Waals surface area contributed by atoms with E-state index in [2.05, 4.69) is 41.2 Å². The maximum absolute atomic E-state index is 13.0. The highest BCUT2D eigenvalue weighted by Gasteiger charge is 2.38. The highest BCUT2D eigenvalue weighted by molar-refractivity contribution is 5.87. The van der Waals surface area contributed by atoms with Crippen molar-refractivity contribution in [2.45, 2.75) is 0 Å². The van der Waals surface area contributed by atoms with Crippen LogP contribution in [0.15, 0.2) is 117 Å². The molecule has 0 saturated heterocycles. The third-order valence-electron chi connectivity index (χ3n) is 7.11. The van der Waals surface area contributed by atoms with E-state index in [0.717, 1.165) is 0 Å². The van der Waals surface area contributed by atoms with Gasteiger partial charge in [0.25, 0.3) is 0 Å². The Hall–Kier alpha value is -8.52. The number of carbonyl (C=O) groups is 4. The van der Waals surface area contributed by atoms with Crippen LogP contribution >= 0.6 is 0 Å². The molecule has 20 heteroatoms. The first-order valence-corrected chi connectivity index (χ1v) is 16.1. The summed E-state index contributed by atoms with van der Waals surface area (Å²) in [6.07, 6.45) is 1.24. The molecule has 0 aromatic heterocycles. The Balaban J connectivity index is 1.60. The van der Waals surface area contributed by atoms with Gasteiger partial charge in [0.2, 0.25) is 24.3 Å².